The topological polar surface area (TPSA) is 72.2 Å². The first kappa shape index (κ1) is 15.9. The third-order valence-electron chi connectivity index (χ3n) is 2.81. The molecular formula is C14H13BrN2O2S2. The summed E-state index contributed by atoms with van der Waals surface area (Å²) in [5.41, 5.74) is 8.00. The minimum absolute atomic E-state index is 0.290. The number of nitrogens with one attached hydrogen (secondary N) is 1. The molecule has 3 N–H and O–H groups in total. The Bertz CT molecular complexity index is 787. The van der Waals surface area contributed by atoms with Crippen LogP contribution in [0.1, 0.15) is 5.56 Å². The summed E-state index contributed by atoms with van der Waals surface area (Å²) in [5.74, 6) is 0. The molecule has 0 aliphatic rings. The van der Waals surface area contributed by atoms with Gasteiger partial charge in [-0.15, -0.1) is 0 Å². The summed E-state index contributed by atoms with van der Waals surface area (Å²) in [6.45, 7) is 0. The lowest BCUT2D eigenvalue weighted by atomic mass is 10.2. The molecule has 2 rings (SSSR count). The van der Waals surface area contributed by atoms with Gasteiger partial charge < -0.3 is 11.1 Å². The number of halogens is 1. The van der Waals surface area contributed by atoms with E-state index in [4.69, 9.17) is 18.0 Å². The highest BCUT2D eigenvalue weighted by atomic mass is 79.9. The molecule has 0 spiro atoms. The van der Waals surface area contributed by atoms with Crippen LogP contribution in [0.4, 0.5) is 11.4 Å². The maximum atomic E-state index is 11.4. The summed E-state index contributed by atoms with van der Waals surface area (Å²) in [6.07, 6.45) is 1.18. The first-order chi connectivity index (χ1) is 9.77. The number of anilines is 2. The molecule has 2 aromatic rings. The Morgan fingerprint density at radius 2 is 1.71 bits per heavy atom. The number of nitrogens with two attached hydrogens (primary N) is 1. The third kappa shape index (κ3) is 4.03. The van der Waals surface area contributed by atoms with Gasteiger partial charge in [0, 0.05) is 27.7 Å². The average Bonchev–Trinajstić information content (AvgIpc) is 2.38. The molecule has 0 aliphatic carbocycles. The van der Waals surface area contributed by atoms with Crippen LogP contribution in [0.15, 0.2) is 51.8 Å². The van der Waals surface area contributed by atoms with Gasteiger partial charge in [0.15, 0.2) is 9.84 Å². The van der Waals surface area contributed by atoms with E-state index < -0.39 is 9.84 Å². The summed E-state index contributed by atoms with van der Waals surface area (Å²) >= 11 is 8.35. The Morgan fingerprint density at radius 1 is 1.14 bits per heavy atom. The van der Waals surface area contributed by atoms with E-state index >= 15 is 0 Å². The zero-order valence-electron chi connectivity index (χ0n) is 11.1. The standard InChI is InChI=1S/C14H13BrN2O2S2/c1-21(18,19)11-5-2-9(3-6-11)17-10-4-7-12(14(16)20)13(15)8-10/h2-8,17H,1H3,(H2,16,20). The Balaban J connectivity index is 2.23. The number of hydrogen-bond acceptors (Lipinski definition) is 4. The number of rotatable bonds is 4. The average molecular weight is 385 g/mol. The number of hydrogen-bond donors (Lipinski definition) is 2. The fourth-order valence-electron chi connectivity index (χ4n) is 1.74. The van der Waals surface area contributed by atoms with E-state index in [1.807, 2.05) is 18.2 Å². The Kier molecular flexibility index (Phi) is 4.65. The van der Waals surface area contributed by atoms with Gasteiger partial charge in [-0.2, -0.15) is 0 Å². The molecule has 2 aromatic carbocycles. The molecule has 0 bridgehead atoms. The predicted octanol–water partition coefficient (Wildman–Crippen LogP) is 3.23. The van der Waals surface area contributed by atoms with Gasteiger partial charge >= 0.3 is 0 Å². The second-order valence-corrected chi connectivity index (χ2v) is 7.79. The fraction of sp³-hybridized carbons (Fsp3) is 0.0714. The fourth-order valence-corrected chi connectivity index (χ4v) is 3.28. The van der Waals surface area contributed by atoms with Gasteiger partial charge in [0.1, 0.15) is 4.99 Å². The smallest absolute Gasteiger partial charge is 0.175 e. The van der Waals surface area contributed by atoms with E-state index in [0.717, 1.165) is 21.4 Å². The van der Waals surface area contributed by atoms with Crippen molar-refractivity contribution in [3.63, 3.8) is 0 Å². The molecule has 0 aliphatic heterocycles. The van der Waals surface area contributed by atoms with Crippen LogP contribution in [-0.4, -0.2) is 19.7 Å². The lowest BCUT2D eigenvalue weighted by molar-refractivity contribution is 0.602. The second kappa shape index (κ2) is 6.13. The van der Waals surface area contributed by atoms with Crippen molar-refractivity contribution in [2.24, 2.45) is 5.73 Å². The van der Waals surface area contributed by atoms with Gasteiger partial charge in [0.2, 0.25) is 0 Å². The molecular weight excluding hydrogens is 372 g/mol. The molecule has 0 unspecified atom stereocenters. The highest BCUT2D eigenvalue weighted by Gasteiger charge is 2.07. The first-order valence-corrected chi connectivity index (χ1v) is 9.03. The largest absolute Gasteiger partial charge is 0.389 e. The van der Waals surface area contributed by atoms with E-state index in [0.29, 0.717) is 4.99 Å². The summed E-state index contributed by atoms with van der Waals surface area (Å²) in [6, 6.07) is 12.1. The molecule has 0 saturated carbocycles. The Hall–Kier alpha value is -1.44. The molecule has 4 nitrogen and oxygen atoms in total. The van der Waals surface area contributed by atoms with E-state index in [1.165, 1.54) is 6.26 Å². The summed E-state index contributed by atoms with van der Waals surface area (Å²) in [5, 5.41) is 3.18. The highest BCUT2D eigenvalue weighted by molar-refractivity contribution is 9.10. The quantitative estimate of drug-likeness (QED) is 0.791. The number of benzene rings is 2. The van der Waals surface area contributed by atoms with Crippen LogP contribution in [0.5, 0.6) is 0 Å². The van der Waals surface area contributed by atoms with Crippen LogP contribution in [-0.2, 0) is 9.84 Å². The normalized spacial score (nSPS) is 11.1. The van der Waals surface area contributed by atoms with Gasteiger partial charge in [-0.05, 0) is 58.4 Å². The van der Waals surface area contributed by atoms with Crippen molar-refractivity contribution in [2.45, 2.75) is 4.90 Å². The second-order valence-electron chi connectivity index (χ2n) is 4.48. The molecule has 7 heteroatoms. The zero-order valence-corrected chi connectivity index (χ0v) is 14.3. The van der Waals surface area contributed by atoms with Crippen molar-refractivity contribution in [3.8, 4) is 0 Å². The minimum Gasteiger partial charge on any atom is -0.389 e. The van der Waals surface area contributed by atoms with Crippen LogP contribution >= 0.6 is 28.1 Å². The van der Waals surface area contributed by atoms with Crippen molar-refractivity contribution >= 4 is 54.3 Å². The lowest BCUT2D eigenvalue weighted by Gasteiger charge is -2.09. The minimum atomic E-state index is -3.18. The molecule has 110 valence electrons. The van der Waals surface area contributed by atoms with E-state index in [2.05, 4.69) is 21.2 Å². The predicted molar refractivity (Wildman–Crippen MR) is 92.9 cm³/mol. The summed E-state index contributed by atoms with van der Waals surface area (Å²) < 4.78 is 23.6. The molecule has 0 amide bonds. The Labute approximate surface area is 137 Å². The van der Waals surface area contributed by atoms with Crippen molar-refractivity contribution in [2.75, 3.05) is 11.6 Å². The van der Waals surface area contributed by atoms with Gasteiger partial charge in [0.05, 0.1) is 4.90 Å². The highest BCUT2D eigenvalue weighted by Crippen LogP contribution is 2.24. The van der Waals surface area contributed by atoms with Crippen LogP contribution in [0, 0.1) is 0 Å². The van der Waals surface area contributed by atoms with Crippen molar-refractivity contribution in [1.82, 2.24) is 0 Å². The molecule has 0 heterocycles. The molecule has 0 saturated heterocycles. The van der Waals surface area contributed by atoms with Crippen molar-refractivity contribution < 1.29 is 8.42 Å². The van der Waals surface area contributed by atoms with E-state index in [-0.39, 0.29) is 4.90 Å². The lowest BCUT2D eigenvalue weighted by Crippen LogP contribution is -2.10. The zero-order chi connectivity index (χ0) is 15.6. The van der Waals surface area contributed by atoms with Crippen LogP contribution in [0.2, 0.25) is 0 Å². The monoisotopic (exact) mass is 384 g/mol. The third-order valence-corrected chi connectivity index (χ3v) is 4.81. The molecule has 0 radical (unpaired) electrons. The summed E-state index contributed by atoms with van der Waals surface area (Å²) in [4.78, 5) is 0.615. The summed E-state index contributed by atoms with van der Waals surface area (Å²) in [7, 11) is -3.18. The van der Waals surface area contributed by atoms with Gasteiger partial charge in [-0.25, -0.2) is 8.42 Å². The van der Waals surface area contributed by atoms with Gasteiger partial charge in [0.25, 0.3) is 0 Å². The Morgan fingerprint density at radius 3 is 2.19 bits per heavy atom. The van der Waals surface area contributed by atoms with E-state index in [1.54, 1.807) is 24.3 Å². The maximum Gasteiger partial charge on any atom is 0.175 e. The van der Waals surface area contributed by atoms with E-state index in [9.17, 15) is 8.42 Å². The van der Waals surface area contributed by atoms with Crippen molar-refractivity contribution in [3.05, 3.63) is 52.5 Å². The van der Waals surface area contributed by atoms with Crippen molar-refractivity contribution in [1.29, 1.82) is 0 Å². The molecule has 0 fully saturated rings. The van der Waals surface area contributed by atoms with Gasteiger partial charge in [-0.1, -0.05) is 12.2 Å². The van der Waals surface area contributed by atoms with Crippen LogP contribution < -0.4 is 11.1 Å². The SMILES string of the molecule is CS(=O)(=O)c1ccc(Nc2ccc(C(N)=S)c(Br)c2)cc1. The molecule has 0 aromatic heterocycles. The first-order valence-electron chi connectivity index (χ1n) is 5.94. The maximum absolute atomic E-state index is 11.4. The molecule has 0 atom stereocenters. The van der Waals surface area contributed by atoms with Gasteiger partial charge in [-0.3, -0.25) is 0 Å². The number of thiocarbonyl (C=S) groups is 1. The number of sulfone groups is 1. The van der Waals surface area contributed by atoms with Crippen LogP contribution in [0.25, 0.3) is 0 Å². The van der Waals surface area contributed by atoms with Crippen LogP contribution in [0.3, 0.4) is 0 Å². The molecule has 21 heavy (non-hydrogen) atoms.